The monoisotopic (exact) mass is 254 g/mol. The van der Waals surface area contributed by atoms with Gasteiger partial charge in [-0.1, -0.05) is 18.2 Å². The average molecular weight is 254 g/mol. The van der Waals surface area contributed by atoms with Crippen molar-refractivity contribution in [3.8, 4) is 5.75 Å². The first-order valence-corrected chi connectivity index (χ1v) is 6.41. The molecule has 1 aromatic carbocycles. The lowest BCUT2D eigenvalue weighted by Crippen LogP contribution is -2.05. The van der Waals surface area contributed by atoms with Crippen LogP contribution < -0.4 is 4.52 Å². The fourth-order valence-electron chi connectivity index (χ4n) is 0.749. The smallest absolute Gasteiger partial charge is 0.403 e. The highest BCUT2D eigenvalue weighted by molar-refractivity contribution is 7.85. The molecule has 0 bridgehead atoms. The molecule has 0 aliphatic heterocycles. The third kappa shape index (κ3) is 4.91. The molecule has 0 heterocycles. The average Bonchev–Trinajstić information content (AvgIpc) is 1.99. The van der Waals surface area contributed by atoms with Crippen LogP contribution in [0.5, 0.6) is 5.75 Å². The summed E-state index contributed by atoms with van der Waals surface area (Å²) in [5.41, 5.74) is 0. The first-order valence-electron chi connectivity index (χ1n) is 3.55. The fraction of sp³-hybridized carbons (Fsp3) is 0. The fourth-order valence-corrected chi connectivity index (χ4v) is 2.21. The Labute approximate surface area is 85.8 Å². The molecular weight excluding hydrogens is 247 g/mol. The first-order chi connectivity index (χ1) is 6.79. The summed E-state index contributed by atoms with van der Waals surface area (Å²) < 4.78 is 47.2. The van der Waals surface area contributed by atoms with E-state index in [1.54, 1.807) is 6.07 Å². The van der Waals surface area contributed by atoms with Gasteiger partial charge in [0, 0.05) is 0 Å². The Morgan fingerprint density at radius 1 is 1.20 bits per heavy atom. The van der Waals surface area contributed by atoms with Gasteiger partial charge in [-0.3, -0.25) is 9.45 Å². The van der Waals surface area contributed by atoms with Gasteiger partial charge < -0.3 is 4.52 Å². The molecule has 1 atom stereocenters. The molecule has 0 aliphatic rings. The van der Waals surface area contributed by atoms with E-state index in [0.29, 0.717) is 0 Å². The lowest BCUT2D eigenvalue weighted by molar-refractivity contribution is 0.274. The molecular formula is C6H7O7PS. The Hall–Kier alpha value is -0.920. The van der Waals surface area contributed by atoms with E-state index in [0.717, 1.165) is 0 Å². The van der Waals surface area contributed by atoms with Crippen molar-refractivity contribution in [2.24, 2.45) is 0 Å². The lowest BCUT2D eigenvalue weighted by atomic mass is 10.3. The Bertz CT molecular complexity index is 468. The van der Waals surface area contributed by atoms with Gasteiger partial charge in [-0.25, -0.2) is 4.57 Å². The molecule has 0 saturated carbocycles. The van der Waals surface area contributed by atoms with Gasteiger partial charge in [0.1, 0.15) is 5.75 Å². The molecule has 9 heteroatoms. The minimum atomic E-state index is -5.04. The lowest BCUT2D eigenvalue weighted by Gasteiger charge is -2.09. The van der Waals surface area contributed by atoms with Gasteiger partial charge in [-0.15, -0.1) is 3.97 Å². The highest BCUT2D eigenvalue weighted by Crippen LogP contribution is 2.44. The van der Waals surface area contributed by atoms with Crippen LogP contribution >= 0.6 is 7.82 Å². The van der Waals surface area contributed by atoms with Gasteiger partial charge in [0.2, 0.25) is 0 Å². The predicted molar refractivity (Wildman–Crippen MR) is 49.5 cm³/mol. The van der Waals surface area contributed by atoms with Gasteiger partial charge in [0.25, 0.3) is 0 Å². The number of rotatable bonds is 4. The second-order valence-electron chi connectivity index (χ2n) is 2.38. The molecule has 0 saturated heterocycles. The number of hydrogen-bond donors (Lipinski definition) is 2. The summed E-state index contributed by atoms with van der Waals surface area (Å²) in [5.74, 6) is -0.0630. The number of phosphoric acid groups is 1. The summed E-state index contributed by atoms with van der Waals surface area (Å²) in [6.07, 6.45) is 0. The second-order valence-corrected chi connectivity index (χ2v) is 4.95. The summed E-state index contributed by atoms with van der Waals surface area (Å²) in [5, 5.41) is 0. The predicted octanol–water partition coefficient (Wildman–Crippen LogP) is 0.985. The van der Waals surface area contributed by atoms with Crippen LogP contribution in [-0.4, -0.2) is 17.9 Å². The van der Waals surface area contributed by atoms with E-state index in [2.05, 4.69) is 8.49 Å². The second kappa shape index (κ2) is 4.30. The molecule has 0 radical (unpaired) electrons. The molecule has 2 N–H and O–H groups in total. The molecule has 7 nitrogen and oxygen atoms in total. The Morgan fingerprint density at radius 3 is 2.20 bits per heavy atom. The third-order valence-corrected chi connectivity index (χ3v) is 3.10. The number of para-hydroxylation sites is 1. The largest absolute Gasteiger partial charge is 0.544 e. The Kier molecular flexibility index (Phi) is 3.48. The van der Waals surface area contributed by atoms with Crippen molar-refractivity contribution in [1.29, 1.82) is 0 Å². The summed E-state index contributed by atoms with van der Waals surface area (Å²) in [4.78, 5) is 8.88. The minimum absolute atomic E-state index is 0.0630. The van der Waals surface area contributed by atoms with Crippen LogP contribution in [-0.2, 0) is 18.9 Å². The zero-order valence-electron chi connectivity index (χ0n) is 7.18. The van der Waals surface area contributed by atoms with E-state index < -0.39 is 18.2 Å². The molecule has 0 aromatic heterocycles. The van der Waals surface area contributed by atoms with Crippen molar-refractivity contribution < 1.29 is 30.9 Å². The van der Waals surface area contributed by atoms with Crippen LogP contribution in [0, 0.1) is 0 Å². The van der Waals surface area contributed by atoms with E-state index in [1.165, 1.54) is 24.3 Å². The molecule has 84 valence electrons. The summed E-state index contributed by atoms with van der Waals surface area (Å²) in [7, 11) is -9.91. The highest BCUT2D eigenvalue weighted by atomic mass is 32.3. The maximum absolute atomic E-state index is 11.0. The van der Waals surface area contributed by atoms with E-state index in [1.807, 2.05) is 0 Å². The topological polar surface area (TPSA) is 110 Å². The van der Waals surface area contributed by atoms with Crippen molar-refractivity contribution in [3.63, 3.8) is 0 Å². The van der Waals surface area contributed by atoms with Gasteiger partial charge in [-0.2, -0.15) is 8.42 Å². The Morgan fingerprint density at radius 2 is 1.73 bits per heavy atom. The molecule has 0 spiro atoms. The van der Waals surface area contributed by atoms with Crippen LogP contribution in [0.3, 0.4) is 0 Å². The Balaban J connectivity index is 2.78. The van der Waals surface area contributed by atoms with Crippen LogP contribution in [0.15, 0.2) is 30.3 Å². The summed E-state index contributed by atoms with van der Waals surface area (Å²) in [6, 6.07) is 7.26. The van der Waals surface area contributed by atoms with Crippen molar-refractivity contribution >= 4 is 18.2 Å². The minimum Gasteiger partial charge on any atom is -0.403 e. The van der Waals surface area contributed by atoms with Crippen LogP contribution in [0.25, 0.3) is 0 Å². The maximum atomic E-state index is 11.0. The van der Waals surface area contributed by atoms with E-state index in [9.17, 15) is 13.0 Å². The number of hydrogen-bond acceptors (Lipinski definition) is 5. The van der Waals surface area contributed by atoms with E-state index in [-0.39, 0.29) is 5.75 Å². The van der Waals surface area contributed by atoms with Crippen molar-refractivity contribution in [3.05, 3.63) is 30.3 Å². The van der Waals surface area contributed by atoms with Gasteiger partial charge >= 0.3 is 18.2 Å². The molecule has 0 amide bonds. The maximum Gasteiger partial charge on any atom is 0.544 e. The molecule has 15 heavy (non-hydrogen) atoms. The van der Waals surface area contributed by atoms with Gasteiger partial charge in [0.15, 0.2) is 0 Å². The van der Waals surface area contributed by atoms with Crippen molar-refractivity contribution in [2.45, 2.75) is 0 Å². The van der Waals surface area contributed by atoms with Crippen molar-refractivity contribution in [2.75, 3.05) is 0 Å². The third-order valence-electron chi connectivity index (χ3n) is 1.15. The van der Waals surface area contributed by atoms with Gasteiger partial charge in [0.05, 0.1) is 0 Å². The van der Waals surface area contributed by atoms with Gasteiger partial charge in [-0.05, 0) is 12.1 Å². The van der Waals surface area contributed by atoms with E-state index in [4.69, 9.17) is 9.45 Å². The first kappa shape index (κ1) is 12.2. The van der Waals surface area contributed by atoms with Crippen LogP contribution in [0.2, 0.25) is 0 Å². The number of benzene rings is 1. The van der Waals surface area contributed by atoms with Crippen molar-refractivity contribution in [1.82, 2.24) is 0 Å². The zero-order valence-corrected chi connectivity index (χ0v) is 8.89. The quantitative estimate of drug-likeness (QED) is 0.608. The molecule has 1 unspecified atom stereocenters. The summed E-state index contributed by atoms with van der Waals surface area (Å²) in [6.45, 7) is 0. The zero-order chi connectivity index (χ0) is 11.5. The van der Waals surface area contributed by atoms with Crippen LogP contribution in [0.4, 0.5) is 0 Å². The summed E-state index contributed by atoms with van der Waals surface area (Å²) >= 11 is 0. The number of phosphoric ester groups is 1. The normalized spacial score (nSPS) is 15.6. The highest BCUT2D eigenvalue weighted by Gasteiger charge is 2.30. The molecule has 1 rings (SSSR count). The molecule has 0 fully saturated rings. The SMILES string of the molecule is O=P(O)(Oc1ccccc1)OS(=O)(=O)O. The van der Waals surface area contributed by atoms with E-state index >= 15 is 0 Å². The standard InChI is InChI=1S/C6H7O7PS/c7-14(8,13-15(9,10)11)12-6-4-2-1-3-5-6/h1-5H,(H,7,8)(H,9,10,11). The molecule has 0 aliphatic carbocycles. The van der Waals surface area contributed by atoms with Crippen LogP contribution in [0.1, 0.15) is 0 Å². The molecule has 1 aromatic rings.